The van der Waals surface area contributed by atoms with Crippen LogP contribution in [-0.4, -0.2) is 32.4 Å². The lowest BCUT2D eigenvalue weighted by Crippen LogP contribution is -2.28. The monoisotopic (exact) mass is 274 g/mol. The zero-order chi connectivity index (χ0) is 12.5. The van der Waals surface area contributed by atoms with E-state index in [1.165, 1.54) is 15.6 Å². The van der Waals surface area contributed by atoms with E-state index in [-0.39, 0.29) is 6.04 Å². The minimum atomic E-state index is -3.26. The number of nitrogens with zero attached hydrogens (tertiary/aromatic N) is 1. The van der Waals surface area contributed by atoms with Crippen LogP contribution in [0.1, 0.15) is 24.6 Å². The third kappa shape index (κ3) is 2.88. The van der Waals surface area contributed by atoms with E-state index in [4.69, 9.17) is 0 Å². The zero-order valence-electron chi connectivity index (χ0n) is 10.1. The highest BCUT2D eigenvalue weighted by molar-refractivity contribution is 7.89. The molecule has 0 aliphatic heterocycles. The maximum Gasteiger partial charge on any atom is 0.243 e. The molecular formula is C11H18N2O2S2. The normalized spacial score (nSPS) is 16.6. The van der Waals surface area contributed by atoms with Crippen LogP contribution in [0.5, 0.6) is 0 Å². The first-order chi connectivity index (χ1) is 8.05. The van der Waals surface area contributed by atoms with Gasteiger partial charge in [0.1, 0.15) is 0 Å². The third-order valence-electron chi connectivity index (χ3n) is 2.92. The van der Waals surface area contributed by atoms with Gasteiger partial charge in [0.2, 0.25) is 10.0 Å². The fourth-order valence-electron chi connectivity index (χ4n) is 1.64. The highest BCUT2D eigenvalue weighted by Crippen LogP contribution is 2.31. The van der Waals surface area contributed by atoms with Crippen molar-refractivity contribution in [3.05, 3.63) is 16.3 Å². The van der Waals surface area contributed by atoms with Crippen LogP contribution in [0, 0.1) is 0 Å². The van der Waals surface area contributed by atoms with Gasteiger partial charge in [0.15, 0.2) is 0 Å². The molecule has 2 rings (SSSR count). The van der Waals surface area contributed by atoms with Gasteiger partial charge >= 0.3 is 0 Å². The molecule has 1 aromatic rings. The fraction of sp³-hybridized carbons (Fsp3) is 0.636. The van der Waals surface area contributed by atoms with Crippen molar-refractivity contribution in [3.63, 3.8) is 0 Å². The molecule has 6 heteroatoms. The van der Waals surface area contributed by atoms with Crippen molar-refractivity contribution in [2.45, 2.75) is 37.2 Å². The molecule has 1 aliphatic rings. The summed E-state index contributed by atoms with van der Waals surface area (Å²) in [7, 11) is -1.59. The molecule has 0 saturated heterocycles. The molecule has 0 spiro atoms. The molecule has 1 N–H and O–H groups in total. The van der Waals surface area contributed by atoms with E-state index in [0.717, 1.165) is 30.8 Å². The summed E-state index contributed by atoms with van der Waals surface area (Å²) in [6, 6.07) is 2.00. The summed E-state index contributed by atoms with van der Waals surface area (Å²) in [5.41, 5.74) is 0. The minimum Gasteiger partial charge on any atom is -0.312 e. The molecule has 4 nitrogen and oxygen atoms in total. The highest BCUT2D eigenvalue weighted by Gasteiger charge is 2.35. The third-order valence-corrected chi connectivity index (χ3v) is 5.89. The van der Waals surface area contributed by atoms with E-state index in [1.54, 1.807) is 18.5 Å². The van der Waals surface area contributed by atoms with Crippen LogP contribution in [0.3, 0.4) is 0 Å². The maximum atomic E-state index is 12.2. The Balaban J connectivity index is 2.12. The van der Waals surface area contributed by atoms with Crippen LogP contribution in [-0.2, 0) is 16.6 Å². The quantitative estimate of drug-likeness (QED) is 0.858. The molecule has 0 bridgehead atoms. The number of hydrogen-bond donors (Lipinski definition) is 1. The van der Waals surface area contributed by atoms with E-state index in [0.29, 0.717) is 4.90 Å². The molecule has 1 fully saturated rings. The lowest BCUT2D eigenvalue weighted by Gasteiger charge is -2.14. The molecule has 1 saturated carbocycles. The van der Waals surface area contributed by atoms with Gasteiger partial charge < -0.3 is 5.32 Å². The summed E-state index contributed by atoms with van der Waals surface area (Å²) in [6.07, 6.45) is 1.98. The Morgan fingerprint density at radius 2 is 2.24 bits per heavy atom. The molecule has 0 aromatic carbocycles. The SMILES string of the molecule is CCNCc1cc(S(=O)(=O)N(C)C2CC2)cs1. The van der Waals surface area contributed by atoms with Gasteiger partial charge in [-0.2, -0.15) is 4.31 Å². The van der Waals surface area contributed by atoms with E-state index < -0.39 is 10.0 Å². The number of thiophene rings is 1. The van der Waals surface area contributed by atoms with Gasteiger partial charge in [-0.25, -0.2) is 8.42 Å². The van der Waals surface area contributed by atoms with Crippen LogP contribution < -0.4 is 5.32 Å². The lowest BCUT2D eigenvalue weighted by atomic mass is 10.4. The van der Waals surface area contributed by atoms with E-state index in [9.17, 15) is 8.42 Å². The highest BCUT2D eigenvalue weighted by atomic mass is 32.2. The predicted molar refractivity (Wildman–Crippen MR) is 69.7 cm³/mol. The predicted octanol–water partition coefficient (Wildman–Crippen LogP) is 1.64. The van der Waals surface area contributed by atoms with Crippen molar-refractivity contribution in [2.24, 2.45) is 0 Å². The van der Waals surface area contributed by atoms with Gasteiger partial charge in [-0.3, -0.25) is 0 Å². The first-order valence-electron chi connectivity index (χ1n) is 5.82. The molecule has 0 amide bonds. The Labute approximate surface area is 107 Å². The number of nitrogens with one attached hydrogen (secondary N) is 1. The molecule has 96 valence electrons. The molecule has 1 heterocycles. The van der Waals surface area contributed by atoms with Crippen molar-refractivity contribution in [1.82, 2.24) is 9.62 Å². The summed E-state index contributed by atoms with van der Waals surface area (Å²) >= 11 is 1.50. The second-order valence-electron chi connectivity index (χ2n) is 4.28. The second-order valence-corrected chi connectivity index (χ2v) is 7.27. The summed E-state index contributed by atoms with van der Waals surface area (Å²) in [5, 5.41) is 4.93. The Bertz CT molecular complexity index is 477. The fourth-order valence-corrected chi connectivity index (χ4v) is 4.29. The van der Waals surface area contributed by atoms with Gasteiger partial charge in [-0.15, -0.1) is 11.3 Å². The lowest BCUT2D eigenvalue weighted by molar-refractivity contribution is 0.464. The van der Waals surface area contributed by atoms with Crippen LogP contribution >= 0.6 is 11.3 Å². The van der Waals surface area contributed by atoms with Crippen molar-refractivity contribution >= 4 is 21.4 Å². The minimum absolute atomic E-state index is 0.220. The first kappa shape index (κ1) is 13.0. The smallest absolute Gasteiger partial charge is 0.243 e. The molecule has 1 aliphatic carbocycles. The van der Waals surface area contributed by atoms with Gasteiger partial charge in [0.25, 0.3) is 0 Å². The Morgan fingerprint density at radius 3 is 2.82 bits per heavy atom. The second kappa shape index (κ2) is 5.06. The molecular weight excluding hydrogens is 256 g/mol. The summed E-state index contributed by atoms with van der Waals surface area (Å²) < 4.78 is 25.9. The van der Waals surface area contributed by atoms with Crippen molar-refractivity contribution < 1.29 is 8.42 Å². The van der Waals surface area contributed by atoms with Crippen LogP contribution in [0.4, 0.5) is 0 Å². The molecule has 0 atom stereocenters. The van der Waals surface area contributed by atoms with E-state index in [2.05, 4.69) is 5.32 Å². The van der Waals surface area contributed by atoms with Gasteiger partial charge in [-0.05, 0) is 25.5 Å². The van der Waals surface area contributed by atoms with Gasteiger partial charge in [0.05, 0.1) is 4.90 Å². The van der Waals surface area contributed by atoms with Crippen LogP contribution in [0.15, 0.2) is 16.3 Å². The van der Waals surface area contributed by atoms with E-state index >= 15 is 0 Å². The van der Waals surface area contributed by atoms with Gasteiger partial charge in [0, 0.05) is 29.9 Å². The molecule has 17 heavy (non-hydrogen) atoms. The number of rotatable bonds is 6. The zero-order valence-corrected chi connectivity index (χ0v) is 11.8. The summed E-state index contributed by atoms with van der Waals surface area (Å²) in [5.74, 6) is 0. The van der Waals surface area contributed by atoms with Crippen LogP contribution in [0.25, 0.3) is 0 Å². The Morgan fingerprint density at radius 1 is 1.53 bits per heavy atom. The maximum absolute atomic E-state index is 12.2. The molecule has 1 aromatic heterocycles. The van der Waals surface area contributed by atoms with Crippen molar-refractivity contribution in [2.75, 3.05) is 13.6 Å². The molecule has 0 radical (unpaired) electrons. The van der Waals surface area contributed by atoms with Crippen molar-refractivity contribution in [3.8, 4) is 0 Å². The Kier molecular flexibility index (Phi) is 3.87. The number of hydrogen-bond acceptors (Lipinski definition) is 4. The first-order valence-corrected chi connectivity index (χ1v) is 8.14. The standard InChI is InChI=1S/C11H18N2O2S2/c1-3-12-7-10-6-11(8-16-10)17(14,15)13(2)9-4-5-9/h6,8-9,12H,3-5,7H2,1-2H3. The largest absolute Gasteiger partial charge is 0.312 e. The number of sulfonamides is 1. The topological polar surface area (TPSA) is 49.4 Å². The van der Waals surface area contributed by atoms with E-state index in [1.807, 2.05) is 6.92 Å². The Hall–Kier alpha value is -0.430. The molecule has 0 unspecified atom stereocenters. The average Bonchev–Trinajstić information content (AvgIpc) is 3.03. The summed E-state index contributed by atoms with van der Waals surface area (Å²) in [6.45, 7) is 3.66. The summed E-state index contributed by atoms with van der Waals surface area (Å²) in [4.78, 5) is 1.50. The van der Waals surface area contributed by atoms with Crippen molar-refractivity contribution in [1.29, 1.82) is 0 Å². The van der Waals surface area contributed by atoms with Gasteiger partial charge in [-0.1, -0.05) is 6.92 Å². The van der Waals surface area contributed by atoms with Crippen LogP contribution in [0.2, 0.25) is 0 Å². The average molecular weight is 274 g/mol.